The van der Waals surface area contributed by atoms with Crippen LogP contribution in [0, 0.1) is 5.92 Å². The highest BCUT2D eigenvalue weighted by molar-refractivity contribution is 6.45. The average Bonchev–Trinajstić information content (AvgIpc) is 2.76. The molecule has 1 heterocycles. The Hall–Kier alpha value is -0.275. The Bertz CT molecular complexity index is 326. The molecule has 1 aliphatic heterocycles. The van der Waals surface area contributed by atoms with Crippen LogP contribution in [0.4, 0.5) is 0 Å². The smallest absolute Gasteiger partial charge is 0.403 e. The van der Waals surface area contributed by atoms with Gasteiger partial charge in [-0.3, -0.25) is 0 Å². The molecule has 2 nitrogen and oxygen atoms in total. The summed E-state index contributed by atoms with van der Waals surface area (Å²) >= 11 is 0. The van der Waals surface area contributed by atoms with Crippen LogP contribution < -0.4 is 0 Å². The van der Waals surface area contributed by atoms with Crippen LogP contribution in [0.15, 0.2) is 11.6 Å². The van der Waals surface area contributed by atoms with Gasteiger partial charge in [-0.1, -0.05) is 65.5 Å². The molecule has 0 N–H and O–H groups in total. The van der Waals surface area contributed by atoms with Gasteiger partial charge in [0.1, 0.15) is 0 Å². The summed E-state index contributed by atoms with van der Waals surface area (Å²) in [6.45, 7) is 23.4. The van der Waals surface area contributed by atoms with E-state index >= 15 is 0 Å². The van der Waals surface area contributed by atoms with E-state index in [1.165, 1.54) is 25.7 Å². The molecule has 0 radical (unpaired) electrons. The minimum atomic E-state index is -0.160. The van der Waals surface area contributed by atoms with Crippen LogP contribution in [0.25, 0.3) is 0 Å². The van der Waals surface area contributed by atoms with Crippen molar-refractivity contribution in [2.45, 2.75) is 126 Å². The molecule has 0 saturated carbocycles. The van der Waals surface area contributed by atoms with Crippen LogP contribution in [0.1, 0.15) is 108 Å². The number of allylic oxidation sites excluding steroid dienone is 2. The van der Waals surface area contributed by atoms with E-state index in [1.807, 2.05) is 13.8 Å². The van der Waals surface area contributed by atoms with Gasteiger partial charge in [0.05, 0.1) is 11.2 Å². The van der Waals surface area contributed by atoms with E-state index in [0.717, 1.165) is 18.7 Å². The molecule has 1 fully saturated rings. The first kappa shape index (κ1) is 26.9. The molecule has 1 saturated heterocycles. The summed E-state index contributed by atoms with van der Waals surface area (Å²) < 4.78 is 11.6. The standard InChI is InChI=1S/C11H22.C9H19BO2.C2H6/c1-5-8-11(9-6-2)10(4)7-3;1-6-7-10-11-8(2,3)9(4,5)12-10;1-2/h7,11H,5-6,8-9H2,1-4H3;6-7H2,1-5H3;1-2H3/b10-7+;;. The molecule has 150 valence electrons. The Labute approximate surface area is 160 Å². The van der Waals surface area contributed by atoms with Gasteiger partial charge in [-0.05, 0) is 66.6 Å². The van der Waals surface area contributed by atoms with Crippen molar-refractivity contribution >= 4 is 7.12 Å². The van der Waals surface area contributed by atoms with Gasteiger partial charge < -0.3 is 9.31 Å². The van der Waals surface area contributed by atoms with Gasteiger partial charge in [-0.2, -0.15) is 0 Å². The zero-order chi connectivity index (χ0) is 20.1. The van der Waals surface area contributed by atoms with Gasteiger partial charge in [0.25, 0.3) is 0 Å². The Morgan fingerprint density at radius 3 is 1.56 bits per heavy atom. The van der Waals surface area contributed by atoms with Crippen molar-refractivity contribution in [1.29, 1.82) is 0 Å². The van der Waals surface area contributed by atoms with E-state index in [2.05, 4.69) is 68.4 Å². The predicted octanol–water partition coefficient (Wildman–Crippen LogP) is 7.68. The molecule has 1 aliphatic rings. The summed E-state index contributed by atoms with van der Waals surface area (Å²) in [7, 11) is 0. The Balaban J connectivity index is 0. The number of rotatable bonds is 7. The van der Waals surface area contributed by atoms with Crippen molar-refractivity contribution in [3.05, 3.63) is 11.6 Å². The monoisotopic (exact) mass is 354 g/mol. The van der Waals surface area contributed by atoms with Crippen molar-refractivity contribution in [3.63, 3.8) is 0 Å². The van der Waals surface area contributed by atoms with Crippen LogP contribution in [0.5, 0.6) is 0 Å². The maximum absolute atomic E-state index is 5.78. The minimum absolute atomic E-state index is 0. The molecule has 1 rings (SSSR count). The Morgan fingerprint density at radius 2 is 1.28 bits per heavy atom. The summed E-state index contributed by atoms with van der Waals surface area (Å²) in [5, 5.41) is 0. The van der Waals surface area contributed by atoms with E-state index in [1.54, 1.807) is 5.57 Å². The van der Waals surface area contributed by atoms with Gasteiger partial charge in [-0.15, -0.1) is 0 Å². The highest BCUT2D eigenvalue weighted by Crippen LogP contribution is 2.37. The lowest BCUT2D eigenvalue weighted by atomic mass is 9.84. The predicted molar refractivity (Wildman–Crippen MR) is 115 cm³/mol. The summed E-state index contributed by atoms with van der Waals surface area (Å²) in [5.41, 5.74) is 1.26. The zero-order valence-corrected chi connectivity index (χ0v) is 19.3. The summed E-state index contributed by atoms with van der Waals surface area (Å²) in [5.74, 6) is 0.856. The normalized spacial score (nSPS) is 18.4. The van der Waals surface area contributed by atoms with Crippen molar-refractivity contribution in [1.82, 2.24) is 0 Å². The molecule has 3 heteroatoms. The first-order chi connectivity index (χ1) is 11.6. The molecule has 0 aromatic heterocycles. The molecule has 0 atom stereocenters. The van der Waals surface area contributed by atoms with E-state index in [0.29, 0.717) is 0 Å². The van der Waals surface area contributed by atoms with Gasteiger partial charge in [0.15, 0.2) is 0 Å². The second-order valence-electron chi connectivity index (χ2n) is 7.78. The number of hydrogen-bond donors (Lipinski definition) is 0. The molecular formula is C22H47BO2. The molecule has 0 spiro atoms. The van der Waals surface area contributed by atoms with Crippen LogP contribution in [0.2, 0.25) is 6.32 Å². The third-order valence-electron chi connectivity index (χ3n) is 5.20. The summed E-state index contributed by atoms with van der Waals surface area (Å²) in [4.78, 5) is 0. The van der Waals surface area contributed by atoms with E-state index in [4.69, 9.17) is 9.31 Å². The second-order valence-corrected chi connectivity index (χ2v) is 7.78. The number of hydrogen-bond acceptors (Lipinski definition) is 2. The maximum Gasteiger partial charge on any atom is 0.457 e. The van der Waals surface area contributed by atoms with Crippen molar-refractivity contribution in [2.24, 2.45) is 5.92 Å². The quantitative estimate of drug-likeness (QED) is 0.345. The lowest BCUT2D eigenvalue weighted by Gasteiger charge is -2.32. The van der Waals surface area contributed by atoms with E-state index in [-0.39, 0.29) is 18.3 Å². The molecule has 0 aliphatic carbocycles. The average molecular weight is 354 g/mol. The topological polar surface area (TPSA) is 18.5 Å². The highest BCUT2D eigenvalue weighted by atomic mass is 16.7. The SMILES string of the molecule is C/C=C(\C)C(CCC)CCC.CC.CCCB1OC(C)(C)C(C)(C)O1. The lowest BCUT2D eigenvalue weighted by Crippen LogP contribution is -2.41. The molecule has 25 heavy (non-hydrogen) atoms. The van der Waals surface area contributed by atoms with E-state index in [9.17, 15) is 0 Å². The summed E-state index contributed by atoms with van der Waals surface area (Å²) in [6, 6.07) is 0. The second kappa shape index (κ2) is 13.9. The first-order valence-corrected chi connectivity index (χ1v) is 10.6. The Morgan fingerprint density at radius 1 is 0.880 bits per heavy atom. The maximum atomic E-state index is 5.78. The highest BCUT2D eigenvalue weighted by Gasteiger charge is 2.50. The van der Waals surface area contributed by atoms with Crippen LogP contribution in [0.3, 0.4) is 0 Å². The van der Waals surface area contributed by atoms with Crippen molar-refractivity contribution < 1.29 is 9.31 Å². The first-order valence-electron chi connectivity index (χ1n) is 10.6. The fourth-order valence-corrected chi connectivity index (χ4v) is 2.85. The third kappa shape index (κ3) is 9.85. The van der Waals surface area contributed by atoms with E-state index < -0.39 is 0 Å². The summed E-state index contributed by atoms with van der Waals surface area (Å²) in [6.07, 6.45) is 9.72. The zero-order valence-electron chi connectivity index (χ0n) is 19.3. The molecular weight excluding hydrogens is 307 g/mol. The minimum Gasteiger partial charge on any atom is -0.403 e. The largest absolute Gasteiger partial charge is 0.457 e. The van der Waals surface area contributed by atoms with Crippen LogP contribution >= 0.6 is 0 Å². The van der Waals surface area contributed by atoms with Gasteiger partial charge in [0, 0.05) is 0 Å². The van der Waals surface area contributed by atoms with Gasteiger partial charge in [0.2, 0.25) is 0 Å². The van der Waals surface area contributed by atoms with Crippen LogP contribution in [-0.2, 0) is 9.31 Å². The van der Waals surface area contributed by atoms with Crippen molar-refractivity contribution in [2.75, 3.05) is 0 Å². The third-order valence-corrected chi connectivity index (χ3v) is 5.20. The van der Waals surface area contributed by atoms with Crippen LogP contribution in [-0.4, -0.2) is 18.3 Å². The molecule has 0 amide bonds. The molecule has 0 bridgehead atoms. The fraction of sp³-hybridized carbons (Fsp3) is 0.909. The van der Waals surface area contributed by atoms with Crippen molar-refractivity contribution in [3.8, 4) is 0 Å². The molecule has 0 aromatic carbocycles. The molecule has 0 unspecified atom stereocenters. The lowest BCUT2D eigenvalue weighted by molar-refractivity contribution is 0.00578. The molecule has 0 aromatic rings. The fourth-order valence-electron chi connectivity index (χ4n) is 2.85. The van der Waals surface area contributed by atoms with Gasteiger partial charge in [-0.25, -0.2) is 0 Å². The Kier molecular flexibility index (Phi) is 14.9. The van der Waals surface area contributed by atoms with Gasteiger partial charge >= 0.3 is 7.12 Å².